The summed E-state index contributed by atoms with van der Waals surface area (Å²) in [5.41, 5.74) is 17.7. The highest BCUT2D eigenvalue weighted by atomic mass is 28.3. The molecule has 12 rings (SSSR count). The van der Waals surface area contributed by atoms with Crippen LogP contribution < -0.4 is 9.47 Å². The zero-order chi connectivity index (χ0) is 71.3. The summed E-state index contributed by atoms with van der Waals surface area (Å²) in [6.45, 7) is 52.0. The normalized spacial score (nSPS) is 24.6. The minimum atomic E-state index is -1.84. The first-order valence-corrected chi connectivity index (χ1v) is 47.2. The van der Waals surface area contributed by atoms with Gasteiger partial charge in [-0.1, -0.05) is 259 Å². The van der Waals surface area contributed by atoms with E-state index in [-0.39, 0.29) is 32.7 Å². The van der Waals surface area contributed by atoms with Gasteiger partial charge in [0.1, 0.15) is 39.5 Å². The third kappa shape index (κ3) is 15.4. The van der Waals surface area contributed by atoms with Crippen molar-refractivity contribution in [2.45, 2.75) is 360 Å². The number of rotatable bonds is 22. The molecule has 8 aliphatic rings. The summed E-state index contributed by atoms with van der Waals surface area (Å²) in [5, 5.41) is 0. The van der Waals surface area contributed by atoms with Gasteiger partial charge in [0.15, 0.2) is 0 Å². The lowest BCUT2D eigenvalue weighted by atomic mass is 9.68. The summed E-state index contributed by atoms with van der Waals surface area (Å²) >= 11 is 0. The molecule has 0 amide bonds. The SMILES string of the molecule is CCCCC1(CCCC)C2=CC3C(C=C2c2ccc(Oc4ccc(C(C)(C)C)cc4)cc21)CC(C)C3[Si](C)(C)N(C1CCCCC1)C(C)(C)C.CCCCC1(CCCC)C2=CC3C(C=C2c2ccc(Oc4ccc(C(C)(C)C)cc4)cc21)CCC3[Si](C)(C)N(C1CCCCC1)C(C)(C)C. The maximum absolute atomic E-state index is 6.65. The Bertz CT molecular complexity index is 3500. The number of hydrogen-bond acceptors (Lipinski definition) is 4. The van der Waals surface area contributed by atoms with Crippen molar-refractivity contribution in [3.63, 3.8) is 0 Å². The molecule has 8 aliphatic carbocycles. The molecule has 4 saturated carbocycles. The smallest absolute Gasteiger partial charge is 0.127 e. The van der Waals surface area contributed by atoms with E-state index in [1.807, 2.05) is 0 Å². The van der Waals surface area contributed by atoms with Gasteiger partial charge in [-0.15, -0.1) is 0 Å². The first-order chi connectivity index (χ1) is 46.8. The Morgan fingerprint density at radius 1 is 0.424 bits per heavy atom. The molecular weight excluding hydrogens is 1230 g/mol. The molecule has 4 aromatic carbocycles. The van der Waals surface area contributed by atoms with Crippen LogP contribution in [0.15, 0.2) is 120 Å². The monoisotopic (exact) mass is 1370 g/mol. The molecule has 0 N–H and O–H groups in total. The van der Waals surface area contributed by atoms with E-state index in [2.05, 4.69) is 262 Å². The summed E-state index contributed by atoms with van der Waals surface area (Å²) in [4.78, 5) is 0. The van der Waals surface area contributed by atoms with E-state index in [4.69, 9.17) is 9.47 Å². The van der Waals surface area contributed by atoms with Crippen LogP contribution in [-0.4, -0.2) is 48.8 Å². The molecule has 0 aromatic heterocycles. The van der Waals surface area contributed by atoms with Crippen LogP contribution in [0.4, 0.5) is 0 Å². The largest absolute Gasteiger partial charge is 0.457 e. The van der Waals surface area contributed by atoms with E-state index in [1.165, 1.54) is 183 Å². The summed E-state index contributed by atoms with van der Waals surface area (Å²) in [7, 11) is -3.62. The van der Waals surface area contributed by atoms with Gasteiger partial charge in [0, 0.05) is 34.0 Å². The van der Waals surface area contributed by atoms with Gasteiger partial charge in [-0.25, -0.2) is 0 Å². The standard InChI is InChI=1S/C47H71NOSi.C46H69NOSi/c1-12-14-27-47(28-15-13-2)42-31-38(49-37-23-21-35(22-24-37)45(4,5)6)25-26-39(42)41-30-34-29-33(3)44(40(34)32-43(41)47)50(10,11)48(46(7,8)9)36-19-17-16-18-20-36;1-11-13-28-46(29-14-12-2)41-31-37(48-36-23-21-34(22-24-36)44(3,4)5)25-26-38(41)40-30-33-20-27-43(39(33)32-42(40)46)49(9,10)47(45(6,7)8)35-18-16-15-17-19-35/h21-26,30-34,36,40,44H,12-20,27-29H2,1-11H3;21-26,30-33,35,39,43H,11-20,27-29H2,1-10H3. The molecule has 0 saturated heterocycles. The Kier molecular flexibility index (Phi) is 23.1. The van der Waals surface area contributed by atoms with Crippen molar-refractivity contribution in [1.29, 1.82) is 0 Å². The van der Waals surface area contributed by atoms with Gasteiger partial charge in [0.25, 0.3) is 0 Å². The molecule has 7 atom stereocenters. The highest BCUT2D eigenvalue weighted by Crippen LogP contribution is 2.66. The minimum Gasteiger partial charge on any atom is -0.457 e. The van der Waals surface area contributed by atoms with Crippen molar-refractivity contribution in [3.8, 4) is 23.0 Å². The number of hydrogen-bond donors (Lipinski definition) is 0. The number of nitrogens with zero attached hydrogens (tertiary/aromatic N) is 2. The minimum absolute atomic E-state index is 0.0722. The number of allylic oxidation sites excluding steroid dienone is 8. The Hall–Kier alpha value is -4.21. The predicted molar refractivity (Wildman–Crippen MR) is 433 cm³/mol. The van der Waals surface area contributed by atoms with Crippen molar-refractivity contribution in [2.24, 2.45) is 29.6 Å². The molecule has 0 radical (unpaired) electrons. The third-order valence-corrected chi connectivity index (χ3v) is 36.3. The van der Waals surface area contributed by atoms with Crippen LogP contribution in [0, 0.1) is 29.6 Å². The molecule has 4 aromatic rings. The average Bonchev–Trinajstić information content (AvgIpc) is 1.56. The summed E-state index contributed by atoms with van der Waals surface area (Å²) in [5.74, 6) is 7.22. The fourth-order valence-electron chi connectivity index (χ4n) is 22.8. The van der Waals surface area contributed by atoms with Crippen LogP contribution in [0.25, 0.3) is 11.1 Å². The summed E-state index contributed by atoms with van der Waals surface area (Å²) in [6, 6.07) is 33.3. The van der Waals surface area contributed by atoms with Crippen LogP contribution in [0.5, 0.6) is 23.0 Å². The van der Waals surface area contributed by atoms with Crippen molar-refractivity contribution in [3.05, 3.63) is 154 Å². The molecule has 4 nitrogen and oxygen atoms in total. The third-order valence-electron chi connectivity index (χ3n) is 26.7. The molecule has 0 heterocycles. The zero-order valence-corrected chi connectivity index (χ0v) is 69.0. The molecule has 7 unspecified atom stereocenters. The number of ether oxygens (including phenoxy) is 2. The maximum atomic E-state index is 6.65. The van der Waals surface area contributed by atoms with E-state index in [0.29, 0.717) is 23.7 Å². The van der Waals surface area contributed by atoms with Gasteiger partial charge >= 0.3 is 0 Å². The molecule has 0 aliphatic heterocycles. The fraction of sp³-hybridized carbons (Fsp3) is 0.656. The molecule has 0 bridgehead atoms. The highest BCUT2D eigenvalue weighted by Gasteiger charge is 2.58. The Morgan fingerprint density at radius 3 is 1.18 bits per heavy atom. The van der Waals surface area contributed by atoms with Gasteiger partial charge in [0.2, 0.25) is 0 Å². The van der Waals surface area contributed by atoms with E-state index >= 15 is 0 Å². The predicted octanol–water partition coefficient (Wildman–Crippen LogP) is 27.8. The number of fused-ring (bicyclic) bond motifs is 8. The van der Waals surface area contributed by atoms with Crippen LogP contribution in [0.1, 0.15) is 312 Å². The quantitative estimate of drug-likeness (QED) is 0.0732. The topological polar surface area (TPSA) is 24.9 Å². The second-order valence-corrected chi connectivity index (χ2v) is 47.4. The number of benzene rings is 4. The van der Waals surface area contributed by atoms with Gasteiger partial charge in [-0.2, -0.15) is 0 Å². The molecule has 542 valence electrons. The van der Waals surface area contributed by atoms with Gasteiger partial charge in [-0.3, -0.25) is 0 Å². The van der Waals surface area contributed by atoms with Crippen LogP contribution in [-0.2, 0) is 21.7 Å². The maximum Gasteiger partial charge on any atom is 0.127 e. The fourth-order valence-corrected chi connectivity index (χ4v) is 34.3. The van der Waals surface area contributed by atoms with Gasteiger partial charge in [-0.05, 0) is 261 Å². The first-order valence-electron chi connectivity index (χ1n) is 41.2. The van der Waals surface area contributed by atoms with Crippen molar-refractivity contribution < 1.29 is 9.47 Å². The Labute approximate surface area is 609 Å². The van der Waals surface area contributed by atoms with Crippen LogP contribution in [0.2, 0.25) is 37.3 Å². The van der Waals surface area contributed by atoms with Crippen LogP contribution in [0.3, 0.4) is 0 Å². The number of unbranched alkanes of at least 4 members (excludes halogenated alkanes) is 4. The van der Waals surface area contributed by atoms with E-state index < -0.39 is 16.5 Å². The van der Waals surface area contributed by atoms with Gasteiger partial charge < -0.3 is 18.6 Å². The molecule has 6 heteroatoms. The molecule has 99 heavy (non-hydrogen) atoms. The van der Waals surface area contributed by atoms with Crippen molar-refractivity contribution in [1.82, 2.24) is 9.13 Å². The van der Waals surface area contributed by atoms with Crippen molar-refractivity contribution in [2.75, 3.05) is 0 Å². The lowest BCUT2D eigenvalue weighted by molar-refractivity contribution is 0.138. The molecule has 4 fully saturated rings. The Balaban J connectivity index is 0.000000200. The van der Waals surface area contributed by atoms with Crippen molar-refractivity contribution >= 4 is 27.6 Å². The summed E-state index contributed by atoms with van der Waals surface area (Å²) < 4.78 is 19.6. The lowest BCUT2D eigenvalue weighted by Gasteiger charge is -2.56. The first kappa shape index (κ1) is 75.9. The zero-order valence-electron chi connectivity index (χ0n) is 67.0. The lowest BCUT2D eigenvalue weighted by Crippen LogP contribution is -2.65. The van der Waals surface area contributed by atoms with Gasteiger partial charge in [0.05, 0.1) is 0 Å². The van der Waals surface area contributed by atoms with E-state index in [1.54, 1.807) is 33.4 Å². The van der Waals surface area contributed by atoms with E-state index in [0.717, 1.165) is 52.1 Å². The second kappa shape index (κ2) is 30.1. The molecule has 0 spiro atoms. The summed E-state index contributed by atoms with van der Waals surface area (Å²) in [6.07, 6.45) is 44.5. The van der Waals surface area contributed by atoms with E-state index in [9.17, 15) is 0 Å². The molecular formula is C93H140N2O2Si2. The van der Waals surface area contributed by atoms with Crippen LogP contribution >= 0.6 is 0 Å². The Morgan fingerprint density at radius 2 is 0.798 bits per heavy atom. The highest BCUT2D eigenvalue weighted by molar-refractivity contribution is 6.77. The second-order valence-electron chi connectivity index (χ2n) is 38.4. The average molecular weight is 1370 g/mol.